The van der Waals surface area contributed by atoms with Crippen molar-refractivity contribution in [3.8, 4) is 0 Å². The highest BCUT2D eigenvalue weighted by atomic mass is 32.2. The number of thiophene rings is 1. The second-order valence-corrected chi connectivity index (χ2v) is 6.92. The number of esters is 1. The number of ether oxygens (including phenoxy) is 1. The van der Waals surface area contributed by atoms with Gasteiger partial charge in [-0.15, -0.1) is 11.3 Å². The minimum Gasteiger partial charge on any atom is -0.465 e. The maximum absolute atomic E-state index is 12.5. The van der Waals surface area contributed by atoms with Gasteiger partial charge in [0.15, 0.2) is 5.16 Å². The van der Waals surface area contributed by atoms with Crippen molar-refractivity contribution in [2.24, 2.45) is 7.05 Å². The quantitative estimate of drug-likeness (QED) is 0.490. The Morgan fingerprint density at radius 2 is 2.29 bits per heavy atom. The highest BCUT2D eigenvalue weighted by Gasteiger charge is 2.22. The van der Waals surface area contributed by atoms with Crippen LogP contribution in [-0.4, -0.2) is 27.9 Å². The first-order valence-corrected chi connectivity index (χ1v) is 8.71. The lowest BCUT2D eigenvalue weighted by atomic mass is 10.2. The molecule has 3 rings (SSSR count). The van der Waals surface area contributed by atoms with Crippen LogP contribution in [0, 0.1) is 0 Å². The predicted octanol–water partition coefficient (Wildman–Crippen LogP) is 2.14. The number of carbonyl (C=O) groups excluding carboxylic acids is 1. The van der Waals surface area contributed by atoms with E-state index < -0.39 is 0 Å². The van der Waals surface area contributed by atoms with Crippen LogP contribution in [0.2, 0.25) is 0 Å². The standard InChI is InChI=1S/C14H16N2O3S2/c1-3-19-10(17)7-20-14-15-12-11(13(18)16(14)2)8-5-4-6-9(8)21-12/h3-7H2,1-2H3. The summed E-state index contributed by atoms with van der Waals surface area (Å²) in [7, 11) is 1.71. The van der Waals surface area contributed by atoms with Gasteiger partial charge < -0.3 is 4.74 Å². The largest absolute Gasteiger partial charge is 0.465 e. The Kier molecular flexibility index (Phi) is 4.03. The zero-order chi connectivity index (χ0) is 15.0. The highest BCUT2D eigenvalue weighted by molar-refractivity contribution is 7.99. The third kappa shape index (κ3) is 2.60. The molecule has 0 fully saturated rings. The van der Waals surface area contributed by atoms with Crippen LogP contribution >= 0.6 is 23.1 Å². The molecule has 1 aliphatic carbocycles. The van der Waals surface area contributed by atoms with Crippen LogP contribution in [0.5, 0.6) is 0 Å². The van der Waals surface area contributed by atoms with E-state index in [1.54, 1.807) is 25.3 Å². The molecule has 2 heterocycles. The minimum atomic E-state index is -0.287. The predicted molar refractivity (Wildman–Crippen MR) is 84.2 cm³/mol. The lowest BCUT2D eigenvalue weighted by molar-refractivity contribution is -0.139. The fraction of sp³-hybridized carbons (Fsp3) is 0.500. The number of nitrogens with zero attached hydrogens (tertiary/aromatic N) is 2. The number of fused-ring (bicyclic) bond motifs is 3. The first-order valence-electron chi connectivity index (χ1n) is 6.91. The van der Waals surface area contributed by atoms with Crippen LogP contribution in [0.3, 0.4) is 0 Å². The van der Waals surface area contributed by atoms with E-state index in [0.29, 0.717) is 11.8 Å². The first kappa shape index (κ1) is 14.6. The number of aryl methyl sites for hydroxylation is 2. The summed E-state index contributed by atoms with van der Waals surface area (Å²) in [6, 6.07) is 0. The molecule has 0 unspecified atom stereocenters. The summed E-state index contributed by atoms with van der Waals surface area (Å²) in [4.78, 5) is 30.6. The molecule has 5 nitrogen and oxygen atoms in total. The zero-order valence-electron chi connectivity index (χ0n) is 12.0. The van der Waals surface area contributed by atoms with Gasteiger partial charge in [-0.25, -0.2) is 4.98 Å². The van der Waals surface area contributed by atoms with Crippen molar-refractivity contribution in [3.05, 3.63) is 20.8 Å². The van der Waals surface area contributed by atoms with Gasteiger partial charge in [0, 0.05) is 11.9 Å². The van der Waals surface area contributed by atoms with E-state index in [4.69, 9.17) is 4.74 Å². The SMILES string of the molecule is CCOC(=O)CSc1nc2sc3c(c2c(=O)n1C)CCC3. The summed E-state index contributed by atoms with van der Waals surface area (Å²) in [6.07, 6.45) is 3.14. The monoisotopic (exact) mass is 324 g/mol. The smallest absolute Gasteiger partial charge is 0.316 e. The molecule has 0 spiro atoms. The molecule has 2 aromatic rings. The van der Waals surface area contributed by atoms with Gasteiger partial charge in [-0.3, -0.25) is 14.2 Å². The molecule has 0 atom stereocenters. The molecule has 0 bridgehead atoms. The van der Waals surface area contributed by atoms with Crippen molar-refractivity contribution in [1.82, 2.24) is 9.55 Å². The van der Waals surface area contributed by atoms with E-state index >= 15 is 0 Å². The molecule has 2 aromatic heterocycles. The molecule has 7 heteroatoms. The van der Waals surface area contributed by atoms with Crippen molar-refractivity contribution in [3.63, 3.8) is 0 Å². The lowest BCUT2D eigenvalue weighted by Crippen LogP contribution is -2.20. The van der Waals surface area contributed by atoms with Crippen molar-refractivity contribution < 1.29 is 9.53 Å². The fourth-order valence-corrected chi connectivity index (χ4v) is 4.63. The van der Waals surface area contributed by atoms with Gasteiger partial charge in [0.2, 0.25) is 0 Å². The third-order valence-electron chi connectivity index (χ3n) is 3.53. The molecule has 0 amide bonds. The summed E-state index contributed by atoms with van der Waals surface area (Å²) in [5.41, 5.74) is 1.18. The molecule has 112 valence electrons. The number of aromatic nitrogens is 2. The molecule has 21 heavy (non-hydrogen) atoms. The van der Waals surface area contributed by atoms with Crippen LogP contribution < -0.4 is 5.56 Å². The van der Waals surface area contributed by atoms with Gasteiger partial charge in [-0.2, -0.15) is 0 Å². The average Bonchev–Trinajstić information content (AvgIpc) is 3.01. The maximum Gasteiger partial charge on any atom is 0.316 e. The second kappa shape index (κ2) is 5.81. The average molecular weight is 324 g/mol. The van der Waals surface area contributed by atoms with Gasteiger partial charge in [0.05, 0.1) is 17.7 Å². The summed E-state index contributed by atoms with van der Waals surface area (Å²) in [5, 5.41) is 1.34. The summed E-state index contributed by atoms with van der Waals surface area (Å²) < 4.78 is 6.44. The summed E-state index contributed by atoms with van der Waals surface area (Å²) >= 11 is 2.86. The van der Waals surface area contributed by atoms with Gasteiger partial charge in [-0.1, -0.05) is 11.8 Å². The van der Waals surface area contributed by atoms with E-state index in [2.05, 4.69) is 4.98 Å². The van der Waals surface area contributed by atoms with Crippen LogP contribution in [0.25, 0.3) is 10.2 Å². The molecular formula is C14H16N2O3S2. The van der Waals surface area contributed by atoms with Gasteiger partial charge >= 0.3 is 5.97 Å². The van der Waals surface area contributed by atoms with Crippen LogP contribution in [0.1, 0.15) is 23.8 Å². The maximum atomic E-state index is 12.5. The fourth-order valence-electron chi connectivity index (χ4n) is 2.56. The Labute approximate surface area is 130 Å². The van der Waals surface area contributed by atoms with Crippen molar-refractivity contribution in [1.29, 1.82) is 0 Å². The minimum absolute atomic E-state index is 0.00856. The second-order valence-electron chi connectivity index (χ2n) is 4.89. The van der Waals surface area contributed by atoms with E-state index in [9.17, 15) is 9.59 Å². The van der Waals surface area contributed by atoms with Crippen molar-refractivity contribution >= 4 is 39.3 Å². The van der Waals surface area contributed by atoms with E-state index in [1.807, 2.05) is 0 Å². The van der Waals surface area contributed by atoms with Crippen LogP contribution in [-0.2, 0) is 29.4 Å². The highest BCUT2D eigenvalue weighted by Crippen LogP contribution is 2.35. The third-order valence-corrected chi connectivity index (χ3v) is 5.72. The van der Waals surface area contributed by atoms with Gasteiger partial charge in [0.1, 0.15) is 4.83 Å². The molecule has 0 N–H and O–H groups in total. The number of rotatable bonds is 4. The normalized spacial score (nSPS) is 13.6. The van der Waals surface area contributed by atoms with E-state index in [1.165, 1.54) is 26.8 Å². The van der Waals surface area contributed by atoms with Crippen molar-refractivity contribution in [2.75, 3.05) is 12.4 Å². The zero-order valence-corrected chi connectivity index (χ0v) is 13.6. The molecule has 0 aromatic carbocycles. The number of hydrogen-bond donors (Lipinski definition) is 0. The van der Waals surface area contributed by atoms with Crippen molar-refractivity contribution in [2.45, 2.75) is 31.3 Å². The molecule has 0 radical (unpaired) electrons. The van der Waals surface area contributed by atoms with E-state index in [0.717, 1.165) is 29.5 Å². The number of carbonyl (C=O) groups is 1. The first-order chi connectivity index (χ1) is 10.1. The summed E-state index contributed by atoms with van der Waals surface area (Å²) in [6.45, 7) is 2.14. The number of thioether (sulfide) groups is 1. The molecule has 0 saturated carbocycles. The molecule has 0 saturated heterocycles. The Bertz CT molecular complexity index is 764. The van der Waals surface area contributed by atoms with Gasteiger partial charge in [-0.05, 0) is 31.7 Å². The Balaban J connectivity index is 1.96. The van der Waals surface area contributed by atoms with E-state index in [-0.39, 0.29) is 17.3 Å². The molecule has 0 aliphatic heterocycles. The Hall–Kier alpha value is -1.34. The molecule has 1 aliphatic rings. The Morgan fingerprint density at radius 3 is 3.05 bits per heavy atom. The lowest BCUT2D eigenvalue weighted by Gasteiger charge is -2.07. The van der Waals surface area contributed by atoms with Gasteiger partial charge in [0.25, 0.3) is 5.56 Å². The molecular weight excluding hydrogens is 308 g/mol. The topological polar surface area (TPSA) is 61.2 Å². The van der Waals surface area contributed by atoms with Crippen LogP contribution in [0.4, 0.5) is 0 Å². The summed E-state index contributed by atoms with van der Waals surface area (Å²) in [5.74, 6) is -0.115. The Morgan fingerprint density at radius 1 is 1.48 bits per heavy atom. The van der Waals surface area contributed by atoms with Crippen LogP contribution in [0.15, 0.2) is 9.95 Å². The number of hydrogen-bond acceptors (Lipinski definition) is 6.